The molecule has 102 valence electrons. The van der Waals surface area contributed by atoms with Crippen LogP contribution in [0.25, 0.3) is 6.08 Å². The molecule has 0 spiro atoms. The summed E-state index contributed by atoms with van der Waals surface area (Å²) in [5, 5.41) is 2.63. The van der Waals surface area contributed by atoms with Crippen LogP contribution in [0.2, 0.25) is 0 Å². The monoisotopic (exact) mass is 265 g/mol. The normalized spacial score (nSPS) is 10.5. The van der Waals surface area contributed by atoms with Gasteiger partial charge in [0.05, 0.1) is 12.7 Å². The number of benzene rings is 1. The van der Waals surface area contributed by atoms with E-state index in [9.17, 15) is 14.0 Å². The molecule has 0 aliphatic rings. The number of esters is 1. The van der Waals surface area contributed by atoms with Crippen LogP contribution >= 0.6 is 0 Å². The van der Waals surface area contributed by atoms with E-state index in [0.29, 0.717) is 18.5 Å². The summed E-state index contributed by atoms with van der Waals surface area (Å²) in [4.78, 5) is 21.8. The van der Waals surface area contributed by atoms with Crippen molar-refractivity contribution in [3.05, 3.63) is 41.2 Å². The van der Waals surface area contributed by atoms with Crippen molar-refractivity contribution >= 4 is 18.0 Å². The van der Waals surface area contributed by atoms with Crippen molar-refractivity contribution in [2.45, 2.75) is 13.3 Å². The number of rotatable bonds is 5. The second kappa shape index (κ2) is 7.31. The molecule has 0 radical (unpaired) electrons. The molecule has 1 aromatic carbocycles. The van der Waals surface area contributed by atoms with Gasteiger partial charge in [0, 0.05) is 19.0 Å². The standard InChI is InChI=1S/C14H16FNO3/c1-10(17)16-8-4-3-5-11-6-7-12(9-13(11)15)14(18)19-2/h3,5-7,9H,4,8H2,1-2H3,(H,16,17). The van der Waals surface area contributed by atoms with Crippen LogP contribution in [0.5, 0.6) is 0 Å². The Labute approximate surface area is 111 Å². The van der Waals surface area contributed by atoms with Crippen LogP contribution in [0.4, 0.5) is 4.39 Å². The van der Waals surface area contributed by atoms with Crippen LogP contribution in [-0.2, 0) is 9.53 Å². The number of carbonyl (C=O) groups is 2. The Balaban J connectivity index is 2.62. The van der Waals surface area contributed by atoms with E-state index in [0.717, 1.165) is 6.07 Å². The topological polar surface area (TPSA) is 55.4 Å². The van der Waals surface area contributed by atoms with Gasteiger partial charge in [-0.05, 0) is 18.6 Å². The van der Waals surface area contributed by atoms with Crippen LogP contribution in [0.1, 0.15) is 29.3 Å². The van der Waals surface area contributed by atoms with Gasteiger partial charge in [-0.25, -0.2) is 9.18 Å². The molecule has 0 bridgehead atoms. The third-order valence-electron chi connectivity index (χ3n) is 2.40. The van der Waals surface area contributed by atoms with Crippen molar-refractivity contribution in [2.75, 3.05) is 13.7 Å². The average molecular weight is 265 g/mol. The summed E-state index contributed by atoms with van der Waals surface area (Å²) < 4.78 is 18.2. The number of hydrogen-bond donors (Lipinski definition) is 1. The maximum absolute atomic E-state index is 13.7. The first-order valence-corrected chi connectivity index (χ1v) is 5.83. The molecular formula is C14H16FNO3. The van der Waals surface area contributed by atoms with Crippen molar-refractivity contribution in [1.29, 1.82) is 0 Å². The molecule has 0 atom stereocenters. The minimum absolute atomic E-state index is 0.0954. The maximum Gasteiger partial charge on any atom is 0.337 e. The van der Waals surface area contributed by atoms with Crippen molar-refractivity contribution in [1.82, 2.24) is 5.32 Å². The van der Waals surface area contributed by atoms with E-state index in [-0.39, 0.29) is 11.5 Å². The molecule has 4 nitrogen and oxygen atoms in total. The fourth-order valence-electron chi connectivity index (χ4n) is 1.45. The van der Waals surface area contributed by atoms with E-state index in [1.54, 1.807) is 12.2 Å². The summed E-state index contributed by atoms with van der Waals surface area (Å²) in [5.74, 6) is -1.15. The molecule has 0 aliphatic heterocycles. The molecule has 0 unspecified atom stereocenters. The van der Waals surface area contributed by atoms with Crippen molar-refractivity contribution in [2.24, 2.45) is 0 Å². The van der Waals surface area contributed by atoms with E-state index in [1.807, 2.05) is 0 Å². The molecule has 19 heavy (non-hydrogen) atoms. The van der Waals surface area contributed by atoms with Gasteiger partial charge in [-0.15, -0.1) is 0 Å². The number of ether oxygens (including phenoxy) is 1. The smallest absolute Gasteiger partial charge is 0.337 e. The lowest BCUT2D eigenvalue weighted by molar-refractivity contribution is -0.118. The van der Waals surface area contributed by atoms with Gasteiger partial charge in [-0.2, -0.15) is 0 Å². The van der Waals surface area contributed by atoms with E-state index in [4.69, 9.17) is 0 Å². The highest BCUT2D eigenvalue weighted by Gasteiger charge is 2.07. The Kier molecular flexibility index (Phi) is 5.73. The highest BCUT2D eigenvalue weighted by Crippen LogP contribution is 2.13. The minimum Gasteiger partial charge on any atom is -0.465 e. The third kappa shape index (κ3) is 4.91. The zero-order valence-electron chi connectivity index (χ0n) is 10.9. The molecule has 0 fully saturated rings. The Morgan fingerprint density at radius 2 is 2.16 bits per heavy atom. The van der Waals surface area contributed by atoms with Crippen molar-refractivity contribution in [3.8, 4) is 0 Å². The van der Waals surface area contributed by atoms with E-state index >= 15 is 0 Å². The summed E-state index contributed by atoms with van der Waals surface area (Å²) in [6.07, 6.45) is 3.97. The van der Waals surface area contributed by atoms with Gasteiger partial charge in [0.1, 0.15) is 5.82 Å². The van der Waals surface area contributed by atoms with Crippen LogP contribution in [-0.4, -0.2) is 25.5 Å². The van der Waals surface area contributed by atoms with Crippen molar-refractivity contribution in [3.63, 3.8) is 0 Å². The number of hydrogen-bond acceptors (Lipinski definition) is 3. The first-order chi connectivity index (χ1) is 9.04. The van der Waals surface area contributed by atoms with E-state index in [1.165, 1.54) is 26.2 Å². The summed E-state index contributed by atoms with van der Waals surface area (Å²) in [7, 11) is 1.25. The van der Waals surface area contributed by atoms with E-state index < -0.39 is 11.8 Å². The highest BCUT2D eigenvalue weighted by atomic mass is 19.1. The maximum atomic E-state index is 13.7. The molecule has 5 heteroatoms. The predicted octanol–water partition coefficient (Wildman–Crippen LogP) is 2.15. The molecule has 1 aromatic rings. The molecule has 0 aliphatic carbocycles. The molecule has 1 N–H and O–H groups in total. The fraction of sp³-hybridized carbons (Fsp3) is 0.286. The third-order valence-corrected chi connectivity index (χ3v) is 2.40. The fourth-order valence-corrected chi connectivity index (χ4v) is 1.45. The quantitative estimate of drug-likeness (QED) is 0.655. The number of amides is 1. The SMILES string of the molecule is COC(=O)c1ccc(C=CCCNC(C)=O)c(F)c1. The second-order valence-electron chi connectivity index (χ2n) is 3.90. The van der Waals surface area contributed by atoms with Crippen LogP contribution < -0.4 is 5.32 Å². The molecule has 1 amide bonds. The van der Waals surface area contributed by atoms with Crippen LogP contribution in [0, 0.1) is 5.82 Å². The summed E-state index contributed by atoms with van der Waals surface area (Å²) in [5.41, 5.74) is 0.561. The van der Waals surface area contributed by atoms with Gasteiger partial charge in [-0.1, -0.05) is 18.2 Å². The first kappa shape index (κ1) is 14.9. The van der Waals surface area contributed by atoms with Gasteiger partial charge in [0.25, 0.3) is 0 Å². The predicted molar refractivity (Wildman–Crippen MR) is 70.1 cm³/mol. The Hall–Kier alpha value is -2.17. The minimum atomic E-state index is -0.569. The first-order valence-electron chi connectivity index (χ1n) is 5.83. The summed E-state index contributed by atoms with van der Waals surface area (Å²) in [6, 6.07) is 4.15. The van der Waals surface area contributed by atoms with E-state index in [2.05, 4.69) is 10.1 Å². The number of halogens is 1. The van der Waals surface area contributed by atoms with Crippen LogP contribution in [0.15, 0.2) is 24.3 Å². The van der Waals surface area contributed by atoms with Crippen molar-refractivity contribution < 1.29 is 18.7 Å². The van der Waals surface area contributed by atoms with Gasteiger partial charge in [0.2, 0.25) is 5.91 Å². The number of methoxy groups -OCH3 is 1. The molecule has 0 saturated heterocycles. The lowest BCUT2D eigenvalue weighted by Gasteiger charge is -2.02. The van der Waals surface area contributed by atoms with Crippen LogP contribution in [0.3, 0.4) is 0 Å². The summed E-state index contributed by atoms with van der Waals surface area (Å²) in [6.45, 7) is 1.95. The Morgan fingerprint density at radius 3 is 2.74 bits per heavy atom. The van der Waals surface area contributed by atoms with Gasteiger partial charge in [-0.3, -0.25) is 4.79 Å². The molecule has 0 aromatic heterocycles. The zero-order valence-corrected chi connectivity index (χ0v) is 10.9. The molecule has 0 heterocycles. The lowest BCUT2D eigenvalue weighted by atomic mass is 10.1. The number of carbonyl (C=O) groups excluding carboxylic acids is 2. The Morgan fingerprint density at radius 1 is 1.42 bits per heavy atom. The largest absolute Gasteiger partial charge is 0.465 e. The second-order valence-corrected chi connectivity index (χ2v) is 3.90. The average Bonchev–Trinajstić information content (AvgIpc) is 2.38. The molecular weight excluding hydrogens is 249 g/mol. The molecule has 1 rings (SSSR count). The zero-order chi connectivity index (χ0) is 14.3. The number of nitrogens with one attached hydrogen (secondary N) is 1. The highest BCUT2D eigenvalue weighted by molar-refractivity contribution is 5.89. The van der Waals surface area contributed by atoms with Gasteiger partial charge >= 0.3 is 5.97 Å². The van der Waals surface area contributed by atoms with Gasteiger partial charge in [0.15, 0.2) is 0 Å². The van der Waals surface area contributed by atoms with Gasteiger partial charge < -0.3 is 10.1 Å². The summed E-state index contributed by atoms with van der Waals surface area (Å²) >= 11 is 0. The lowest BCUT2D eigenvalue weighted by Crippen LogP contribution is -2.20. The Bertz CT molecular complexity index is 497. The molecule has 0 saturated carbocycles.